The third-order valence-electron chi connectivity index (χ3n) is 10.3. The molecule has 13 nitrogen and oxygen atoms in total. The van der Waals surface area contributed by atoms with Crippen molar-refractivity contribution < 1.29 is 40.3 Å². The summed E-state index contributed by atoms with van der Waals surface area (Å²) in [6.45, 7) is 11.9. The number of aryl methyl sites for hydroxylation is 1. The normalized spacial score (nSPS) is 17.2. The van der Waals surface area contributed by atoms with Crippen molar-refractivity contribution in [1.82, 2.24) is 9.80 Å². The lowest BCUT2D eigenvalue weighted by molar-refractivity contribution is -0.612. The molecule has 0 aliphatic carbocycles. The molecule has 16 heteroatoms. The molecule has 0 unspecified atom stereocenters. The van der Waals surface area contributed by atoms with Gasteiger partial charge in [0.05, 0.1) is 5.71 Å². The number of benzene rings is 3. The molecule has 4 aromatic rings. The van der Waals surface area contributed by atoms with Crippen LogP contribution in [-0.4, -0.2) is 85.7 Å². The van der Waals surface area contributed by atoms with Crippen LogP contribution in [0.25, 0.3) is 10.8 Å². The zero-order valence-corrected chi connectivity index (χ0v) is 33.8. The van der Waals surface area contributed by atoms with E-state index >= 15 is 0 Å². The van der Waals surface area contributed by atoms with Gasteiger partial charge >= 0.3 is 0 Å². The van der Waals surface area contributed by atoms with Gasteiger partial charge in [-0.05, 0) is 94.3 Å². The number of aromatic nitrogens is 1. The van der Waals surface area contributed by atoms with Gasteiger partial charge < -0.3 is 14.9 Å². The standard InChI is InChI=1S/C28H37BrN4O3.C10H8O6S2/c1-5-36-30-26(22-6-8-24(29)9-7-22)23-11-15-32(16-12-23)28(4)13-18-31(19-14-28)27(34)25-20(2)10-17-33(35)21(25)3;11-17(12,13)9-6-5-7-3-1-2-4-8(7)10(9)18(14,15)16/h6-10,17,23H,5,11-16,18-19H2,1-4H3;1-6H,(H,11,12,13)(H,14,15,16)/b30-26-;. The minimum Gasteiger partial charge on any atom is -0.618 e. The van der Waals surface area contributed by atoms with E-state index in [9.17, 15) is 26.8 Å². The average molecular weight is 846 g/mol. The molecule has 0 bridgehead atoms. The van der Waals surface area contributed by atoms with Crippen LogP contribution in [-0.2, 0) is 25.1 Å². The Labute approximate surface area is 324 Å². The van der Waals surface area contributed by atoms with Gasteiger partial charge in [0.15, 0.2) is 6.20 Å². The zero-order valence-electron chi connectivity index (χ0n) is 30.6. The third-order valence-corrected chi connectivity index (χ3v) is 12.9. The van der Waals surface area contributed by atoms with Crippen molar-refractivity contribution in [3.63, 3.8) is 0 Å². The molecule has 1 amide bonds. The highest BCUT2D eigenvalue weighted by atomic mass is 79.9. The number of hydrogen-bond acceptors (Lipinski definition) is 9. The van der Waals surface area contributed by atoms with Gasteiger partial charge in [0.1, 0.15) is 22.0 Å². The molecule has 2 fully saturated rings. The molecule has 6 rings (SSSR count). The summed E-state index contributed by atoms with van der Waals surface area (Å²) in [5.74, 6) is 0.337. The second-order valence-corrected chi connectivity index (χ2v) is 17.5. The highest BCUT2D eigenvalue weighted by Gasteiger charge is 2.40. The predicted molar refractivity (Wildman–Crippen MR) is 209 cm³/mol. The van der Waals surface area contributed by atoms with E-state index in [-0.39, 0.29) is 16.8 Å². The van der Waals surface area contributed by atoms with Crippen LogP contribution in [0.1, 0.15) is 66.7 Å². The Balaban J connectivity index is 0.000000260. The Morgan fingerprint density at radius 1 is 0.944 bits per heavy atom. The molecule has 2 saturated heterocycles. The summed E-state index contributed by atoms with van der Waals surface area (Å²) >= 11 is 3.52. The van der Waals surface area contributed by atoms with Gasteiger partial charge in [-0.1, -0.05) is 63.6 Å². The van der Waals surface area contributed by atoms with Gasteiger partial charge in [0, 0.05) is 47.4 Å². The Morgan fingerprint density at radius 2 is 1.57 bits per heavy atom. The second kappa shape index (κ2) is 16.8. The van der Waals surface area contributed by atoms with Gasteiger partial charge in [-0.25, -0.2) is 0 Å². The molecular weight excluding hydrogens is 800 g/mol. The largest absolute Gasteiger partial charge is 0.618 e. The van der Waals surface area contributed by atoms with Crippen LogP contribution >= 0.6 is 15.9 Å². The van der Waals surface area contributed by atoms with Crippen LogP contribution in [0.2, 0.25) is 0 Å². The number of pyridine rings is 1. The van der Waals surface area contributed by atoms with Gasteiger partial charge in [-0.15, -0.1) is 0 Å². The topological polar surface area (TPSA) is 181 Å². The zero-order chi connectivity index (χ0) is 39.4. The summed E-state index contributed by atoms with van der Waals surface area (Å²) in [5.41, 5.74) is 4.11. The first kappa shape index (κ1) is 41.2. The Hall–Kier alpha value is -3.93. The lowest BCUT2D eigenvalue weighted by Gasteiger charge is -2.49. The van der Waals surface area contributed by atoms with Gasteiger partial charge in [-0.3, -0.25) is 18.8 Å². The minimum absolute atomic E-state index is 0.0233. The maximum atomic E-state index is 13.3. The first-order valence-electron chi connectivity index (χ1n) is 17.6. The smallest absolute Gasteiger partial charge is 0.296 e. The Kier molecular flexibility index (Phi) is 12.9. The molecule has 0 atom stereocenters. The predicted octanol–water partition coefficient (Wildman–Crippen LogP) is 6.18. The van der Waals surface area contributed by atoms with E-state index in [0.29, 0.717) is 42.3 Å². The fourth-order valence-electron chi connectivity index (χ4n) is 7.26. The van der Waals surface area contributed by atoms with Crippen LogP contribution < -0.4 is 4.73 Å². The van der Waals surface area contributed by atoms with E-state index in [1.54, 1.807) is 25.1 Å². The van der Waals surface area contributed by atoms with Gasteiger partial charge in [-0.2, -0.15) is 21.6 Å². The van der Waals surface area contributed by atoms with Crippen LogP contribution in [0.15, 0.2) is 92.3 Å². The second-order valence-electron chi connectivity index (χ2n) is 13.8. The SMILES string of the molecule is CCO/N=C(/c1ccc(Br)cc1)C1CCN(C2(C)CCN(C(=O)c3c(C)cc[n+]([O-])c3C)CC2)CC1.O=S(=O)(O)c1ccc2ccccc2c1S(=O)(=O)O. The van der Waals surface area contributed by atoms with Crippen molar-refractivity contribution in [2.45, 2.75) is 68.7 Å². The number of fused-ring (bicyclic) bond motifs is 1. The maximum absolute atomic E-state index is 13.3. The molecule has 2 N–H and O–H groups in total. The number of carbonyl (C=O) groups excluding carboxylic acids is 1. The van der Waals surface area contributed by atoms with Gasteiger partial charge in [0.25, 0.3) is 26.1 Å². The molecule has 3 aromatic carbocycles. The van der Waals surface area contributed by atoms with Crippen LogP contribution in [0.5, 0.6) is 0 Å². The molecule has 0 saturated carbocycles. The Bertz CT molecular complexity index is 2250. The van der Waals surface area contributed by atoms with Crippen molar-refractivity contribution in [2.75, 3.05) is 32.8 Å². The summed E-state index contributed by atoms with van der Waals surface area (Å²) in [6, 6.07) is 18.3. The maximum Gasteiger partial charge on any atom is 0.296 e. The molecule has 2 aliphatic rings. The van der Waals surface area contributed by atoms with Crippen molar-refractivity contribution >= 4 is 58.6 Å². The summed E-state index contributed by atoms with van der Waals surface area (Å²) in [5, 5.41) is 17.0. The van der Waals surface area contributed by atoms with E-state index < -0.39 is 30.0 Å². The minimum atomic E-state index is -4.78. The molecule has 290 valence electrons. The number of nitrogens with zero attached hydrogens (tertiary/aromatic N) is 4. The fraction of sp³-hybridized carbons (Fsp3) is 0.395. The summed E-state index contributed by atoms with van der Waals surface area (Å²) in [4.78, 5) is 21.6. The number of oxime groups is 1. The highest BCUT2D eigenvalue weighted by molar-refractivity contribution is 9.10. The Morgan fingerprint density at radius 3 is 2.17 bits per heavy atom. The van der Waals surface area contributed by atoms with Crippen LogP contribution in [0, 0.1) is 25.0 Å². The number of halogens is 1. The molecule has 2 aliphatic heterocycles. The third kappa shape index (κ3) is 9.29. The van der Waals surface area contributed by atoms with Crippen LogP contribution in [0.3, 0.4) is 0 Å². The van der Waals surface area contributed by atoms with Crippen molar-refractivity contribution in [1.29, 1.82) is 0 Å². The number of rotatable bonds is 8. The summed E-state index contributed by atoms with van der Waals surface area (Å²) < 4.78 is 64.8. The van der Waals surface area contributed by atoms with Gasteiger partial charge in [0.2, 0.25) is 5.69 Å². The number of likely N-dealkylation sites (tertiary alicyclic amines) is 2. The number of hydrogen-bond donors (Lipinski definition) is 2. The number of amides is 1. The molecular formula is C38H45BrN4O9S2. The molecule has 1 aromatic heterocycles. The first-order valence-corrected chi connectivity index (χ1v) is 21.3. The average Bonchev–Trinajstić information content (AvgIpc) is 3.13. The molecule has 0 radical (unpaired) electrons. The van der Waals surface area contributed by atoms with Crippen molar-refractivity contribution in [3.05, 3.63) is 105 Å². The number of piperidine rings is 2. The molecule has 0 spiro atoms. The monoisotopic (exact) mass is 844 g/mol. The van der Waals surface area contributed by atoms with E-state index in [0.717, 1.165) is 70.9 Å². The quantitative estimate of drug-likeness (QED) is 0.0684. The lowest BCUT2D eigenvalue weighted by atomic mass is 9.82. The molecule has 3 heterocycles. The number of carbonyl (C=O) groups is 1. The highest BCUT2D eigenvalue weighted by Crippen LogP contribution is 2.35. The van der Waals surface area contributed by atoms with Crippen molar-refractivity contribution in [2.24, 2.45) is 11.1 Å². The van der Waals surface area contributed by atoms with E-state index in [2.05, 4.69) is 57.2 Å². The van der Waals surface area contributed by atoms with Crippen molar-refractivity contribution in [3.8, 4) is 0 Å². The van der Waals surface area contributed by atoms with E-state index in [4.69, 9.17) is 13.9 Å². The summed E-state index contributed by atoms with van der Waals surface area (Å²) in [7, 11) is -9.53. The first-order chi connectivity index (χ1) is 25.4. The van der Waals surface area contributed by atoms with E-state index in [1.165, 1.54) is 24.4 Å². The fourth-order valence-corrected chi connectivity index (χ4v) is 9.53. The summed E-state index contributed by atoms with van der Waals surface area (Å²) in [6.07, 6.45) is 5.40. The molecule has 54 heavy (non-hydrogen) atoms. The van der Waals surface area contributed by atoms with Crippen LogP contribution in [0.4, 0.5) is 0 Å². The van der Waals surface area contributed by atoms with E-state index in [1.807, 2.05) is 18.7 Å². The lowest BCUT2D eigenvalue weighted by Crippen LogP contribution is -2.57.